The molecule has 1 aliphatic rings. The van der Waals surface area contributed by atoms with Crippen LogP contribution in [0.3, 0.4) is 0 Å². The SMILES string of the molecule is CC[C@@H](CNC(=O)CN1C(=O)c2ccccc2S1(=O)=O)c1ccccc1. The fourth-order valence-electron chi connectivity index (χ4n) is 3.03. The molecule has 1 N–H and O–H groups in total. The van der Waals surface area contributed by atoms with Gasteiger partial charge >= 0.3 is 0 Å². The van der Waals surface area contributed by atoms with E-state index in [1.807, 2.05) is 37.3 Å². The Labute approximate surface area is 152 Å². The van der Waals surface area contributed by atoms with Gasteiger partial charge in [0.2, 0.25) is 5.91 Å². The van der Waals surface area contributed by atoms with Crippen LogP contribution in [-0.4, -0.2) is 37.6 Å². The van der Waals surface area contributed by atoms with Crippen molar-refractivity contribution in [1.82, 2.24) is 9.62 Å². The summed E-state index contributed by atoms with van der Waals surface area (Å²) in [4.78, 5) is 24.5. The number of benzene rings is 2. The Hall–Kier alpha value is -2.67. The lowest BCUT2D eigenvalue weighted by molar-refractivity contribution is -0.121. The standard InChI is InChI=1S/C19H20N2O4S/c1-2-14(15-8-4-3-5-9-15)12-20-18(22)13-21-19(23)16-10-6-7-11-17(16)26(21,24)25/h3-11,14H,2,12-13H2,1H3,(H,20,22)/t14-/m0/s1. The highest BCUT2D eigenvalue weighted by Crippen LogP contribution is 2.29. The smallest absolute Gasteiger partial charge is 0.269 e. The largest absolute Gasteiger partial charge is 0.354 e. The van der Waals surface area contributed by atoms with Gasteiger partial charge in [0.1, 0.15) is 11.4 Å². The van der Waals surface area contributed by atoms with Crippen molar-refractivity contribution < 1.29 is 18.0 Å². The molecule has 0 saturated carbocycles. The van der Waals surface area contributed by atoms with E-state index in [1.54, 1.807) is 12.1 Å². The third-order valence-electron chi connectivity index (χ3n) is 4.51. The summed E-state index contributed by atoms with van der Waals surface area (Å²) < 4.78 is 25.6. The third-order valence-corrected chi connectivity index (χ3v) is 6.30. The highest BCUT2D eigenvalue weighted by Gasteiger charge is 2.41. The van der Waals surface area contributed by atoms with Crippen LogP contribution in [0.4, 0.5) is 0 Å². The highest BCUT2D eigenvalue weighted by molar-refractivity contribution is 7.90. The molecule has 136 valence electrons. The number of amides is 2. The van der Waals surface area contributed by atoms with Crippen LogP contribution in [0, 0.1) is 0 Å². The van der Waals surface area contributed by atoms with Crippen molar-refractivity contribution >= 4 is 21.8 Å². The Balaban J connectivity index is 1.67. The number of carbonyl (C=O) groups excluding carboxylic acids is 2. The summed E-state index contributed by atoms with van der Waals surface area (Å²) in [6.45, 7) is 1.89. The van der Waals surface area contributed by atoms with Crippen molar-refractivity contribution in [1.29, 1.82) is 0 Å². The predicted molar refractivity (Wildman–Crippen MR) is 97.1 cm³/mol. The van der Waals surface area contributed by atoms with Crippen LogP contribution < -0.4 is 5.32 Å². The van der Waals surface area contributed by atoms with Gasteiger partial charge in [-0.15, -0.1) is 0 Å². The third kappa shape index (κ3) is 3.35. The van der Waals surface area contributed by atoms with Crippen LogP contribution in [0.15, 0.2) is 59.5 Å². The van der Waals surface area contributed by atoms with Crippen molar-refractivity contribution in [2.24, 2.45) is 0 Å². The molecule has 0 aliphatic carbocycles. The van der Waals surface area contributed by atoms with Crippen LogP contribution in [0.2, 0.25) is 0 Å². The molecule has 0 saturated heterocycles. The molecular formula is C19H20N2O4S. The summed E-state index contributed by atoms with van der Waals surface area (Å²) in [5.41, 5.74) is 1.21. The summed E-state index contributed by atoms with van der Waals surface area (Å²) in [6, 6.07) is 15.8. The van der Waals surface area contributed by atoms with E-state index in [4.69, 9.17) is 0 Å². The van der Waals surface area contributed by atoms with Crippen molar-refractivity contribution in [3.8, 4) is 0 Å². The lowest BCUT2D eigenvalue weighted by Crippen LogP contribution is -2.41. The van der Waals surface area contributed by atoms with Crippen LogP contribution in [0.25, 0.3) is 0 Å². The minimum absolute atomic E-state index is 0.0477. The first-order chi connectivity index (χ1) is 12.4. The number of rotatable bonds is 6. The fourth-order valence-corrected chi connectivity index (χ4v) is 4.56. The molecule has 3 rings (SSSR count). The number of nitrogens with zero attached hydrogens (tertiary/aromatic N) is 1. The highest BCUT2D eigenvalue weighted by atomic mass is 32.2. The Bertz CT molecular complexity index is 926. The Morgan fingerprint density at radius 2 is 1.73 bits per heavy atom. The molecule has 1 atom stereocenters. The summed E-state index contributed by atoms with van der Waals surface area (Å²) in [5.74, 6) is -1.03. The van der Waals surface area contributed by atoms with Crippen molar-refractivity contribution in [2.45, 2.75) is 24.2 Å². The molecule has 0 aromatic heterocycles. The maximum absolute atomic E-state index is 12.5. The van der Waals surface area contributed by atoms with E-state index in [0.717, 1.165) is 12.0 Å². The Kier molecular flexibility index (Phi) is 5.08. The van der Waals surface area contributed by atoms with Gasteiger partial charge in [0.25, 0.3) is 15.9 Å². The van der Waals surface area contributed by atoms with Gasteiger partial charge in [0.05, 0.1) is 5.56 Å². The van der Waals surface area contributed by atoms with Crippen LogP contribution in [-0.2, 0) is 14.8 Å². The van der Waals surface area contributed by atoms with Crippen LogP contribution in [0.1, 0.15) is 35.2 Å². The molecule has 0 spiro atoms. The normalized spacial score (nSPS) is 16.2. The molecule has 2 aromatic rings. The molecule has 0 fully saturated rings. The van der Waals surface area contributed by atoms with Crippen LogP contribution in [0.5, 0.6) is 0 Å². The number of hydrogen-bond donors (Lipinski definition) is 1. The first-order valence-electron chi connectivity index (χ1n) is 8.43. The average molecular weight is 372 g/mol. The van der Waals surface area contributed by atoms with Gasteiger partial charge < -0.3 is 5.32 Å². The zero-order valence-electron chi connectivity index (χ0n) is 14.4. The molecule has 2 amide bonds. The molecule has 0 unspecified atom stereocenters. The maximum Gasteiger partial charge on any atom is 0.269 e. The molecule has 0 radical (unpaired) electrons. The minimum Gasteiger partial charge on any atom is -0.354 e. The summed E-state index contributed by atoms with van der Waals surface area (Å²) in [5, 5.41) is 2.75. The van der Waals surface area contributed by atoms with Gasteiger partial charge in [-0.3, -0.25) is 9.59 Å². The lowest BCUT2D eigenvalue weighted by Gasteiger charge is -2.18. The molecule has 1 aliphatic heterocycles. The minimum atomic E-state index is -3.96. The van der Waals surface area contributed by atoms with E-state index < -0.39 is 28.4 Å². The quantitative estimate of drug-likeness (QED) is 0.842. The second-order valence-corrected chi connectivity index (χ2v) is 7.96. The van der Waals surface area contributed by atoms with Crippen molar-refractivity contribution in [2.75, 3.05) is 13.1 Å². The molecule has 6 nitrogen and oxygen atoms in total. The van der Waals surface area contributed by atoms with Gasteiger partial charge in [-0.05, 0) is 24.1 Å². The van der Waals surface area contributed by atoms with E-state index in [1.165, 1.54) is 12.1 Å². The maximum atomic E-state index is 12.5. The van der Waals surface area contributed by atoms with Gasteiger partial charge in [0.15, 0.2) is 0 Å². The monoisotopic (exact) mass is 372 g/mol. The van der Waals surface area contributed by atoms with Crippen LogP contribution >= 0.6 is 0 Å². The number of carbonyl (C=O) groups is 2. The number of nitrogens with one attached hydrogen (secondary N) is 1. The van der Waals surface area contributed by atoms with Gasteiger partial charge in [0, 0.05) is 12.5 Å². The fraction of sp³-hybridized carbons (Fsp3) is 0.263. The van der Waals surface area contributed by atoms with Crippen molar-refractivity contribution in [3.05, 3.63) is 65.7 Å². The second kappa shape index (κ2) is 7.29. The molecule has 7 heteroatoms. The lowest BCUT2D eigenvalue weighted by atomic mass is 9.96. The molecule has 1 heterocycles. The van der Waals surface area contributed by atoms with E-state index >= 15 is 0 Å². The predicted octanol–water partition coefficient (Wildman–Crippen LogP) is 2.14. The van der Waals surface area contributed by atoms with Gasteiger partial charge in [-0.2, -0.15) is 0 Å². The summed E-state index contributed by atoms with van der Waals surface area (Å²) in [6.07, 6.45) is 0.830. The second-order valence-electron chi connectivity index (χ2n) is 6.13. The first kappa shape index (κ1) is 18.1. The summed E-state index contributed by atoms with van der Waals surface area (Å²) >= 11 is 0. The topological polar surface area (TPSA) is 83.6 Å². The van der Waals surface area contributed by atoms with Gasteiger partial charge in [-0.1, -0.05) is 49.4 Å². The van der Waals surface area contributed by atoms with Crippen molar-refractivity contribution in [3.63, 3.8) is 0 Å². The summed E-state index contributed by atoms with van der Waals surface area (Å²) in [7, 11) is -3.96. The van der Waals surface area contributed by atoms with E-state index in [9.17, 15) is 18.0 Å². The zero-order valence-corrected chi connectivity index (χ0v) is 15.2. The van der Waals surface area contributed by atoms with E-state index in [2.05, 4.69) is 5.32 Å². The molecule has 26 heavy (non-hydrogen) atoms. The van der Waals surface area contributed by atoms with E-state index in [0.29, 0.717) is 10.8 Å². The number of fused-ring (bicyclic) bond motifs is 1. The average Bonchev–Trinajstić information content (AvgIpc) is 2.84. The molecule has 2 aromatic carbocycles. The Morgan fingerprint density at radius 3 is 2.38 bits per heavy atom. The number of hydrogen-bond acceptors (Lipinski definition) is 4. The first-order valence-corrected chi connectivity index (χ1v) is 9.87. The number of sulfonamides is 1. The van der Waals surface area contributed by atoms with Gasteiger partial charge in [-0.25, -0.2) is 12.7 Å². The molecular weight excluding hydrogens is 352 g/mol. The molecule has 0 bridgehead atoms. The van der Waals surface area contributed by atoms with E-state index in [-0.39, 0.29) is 16.4 Å². The Morgan fingerprint density at radius 1 is 1.08 bits per heavy atom. The zero-order chi connectivity index (χ0) is 18.7.